The average molecular weight is 196 g/mol. The van der Waals surface area contributed by atoms with Crippen LogP contribution >= 0.6 is 12.4 Å². The van der Waals surface area contributed by atoms with Gasteiger partial charge in [-0.05, 0) is 6.42 Å². The molecule has 12 heavy (non-hydrogen) atoms. The molecule has 1 amide bonds. The highest BCUT2D eigenvalue weighted by Gasteiger charge is 2.17. The molecule has 0 aromatic heterocycles. The molecule has 0 saturated heterocycles. The first-order valence-corrected chi connectivity index (χ1v) is 3.90. The normalized spacial score (nSPS) is 14.6. The quantitative estimate of drug-likeness (QED) is 0.564. The summed E-state index contributed by atoms with van der Waals surface area (Å²) in [6, 6.07) is -0.978. The first-order chi connectivity index (χ1) is 5.09. The lowest BCUT2D eigenvalue weighted by molar-refractivity contribution is -0.119. The lowest BCUT2D eigenvalue weighted by Crippen LogP contribution is -2.50. The van der Waals surface area contributed by atoms with Gasteiger partial charge in [-0.2, -0.15) is 0 Å². The lowest BCUT2D eigenvalue weighted by Gasteiger charge is -2.15. The molecule has 0 aromatic rings. The van der Waals surface area contributed by atoms with E-state index in [-0.39, 0.29) is 18.4 Å². The molecule has 74 valence electrons. The molecule has 0 heterocycles. The van der Waals surface area contributed by atoms with Gasteiger partial charge >= 0.3 is 0 Å². The predicted octanol–water partition coefficient (Wildman–Crippen LogP) is -0.262. The van der Waals surface area contributed by atoms with Crippen LogP contribution in [0.15, 0.2) is 0 Å². The average Bonchev–Trinajstić information content (AvgIpc) is 1.98. The second kappa shape index (κ2) is 7.34. The van der Waals surface area contributed by atoms with E-state index < -0.39 is 11.9 Å². The molecule has 2 unspecified atom stereocenters. The fraction of sp³-hybridized carbons (Fsp3) is 0.857. The van der Waals surface area contributed by atoms with E-state index in [4.69, 9.17) is 17.2 Å². The molecule has 4 nitrogen and oxygen atoms in total. The summed E-state index contributed by atoms with van der Waals surface area (Å²) in [5, 5.41) is 0. The summed E-state index contributed by atoms with van der Waals surface area (Å²) in [5.74, 6) is -0.520. The van der Waals surface area contributed by atoms with Crippen LogP contribution in [0.1, 0.15) is 26.2 Å². The zero-order chi connectivity index (χ0) is 8.85. The van der Waals surface area contributed by atoms with Crippen LogP contribution in [0.5, 0.6) is 0 Å². The van der Waals surface area contributed by atoms with Crippen LogP contribution in [-0.2, 0) is 4.79 Å². The summed E-state index contributed by atoms with van der Waals surface area (Å²) in [6.45, 7) is 2.06. The third-order valence-electron chi connectivity index (χ3n) is 1.68. The maximum absolute atomic E-state index is 10.5. The number of carbonyl (C=O) groups excluding carboxylic acids is 1. The molecule has 0 rings (SSSR count). The van der Waals surface area contributed by atoms with Crippen molar-refractivity contribution < 1.29 is 4.79 Å². The minimum Gasteiger partial charge on any atom is -0.368 e. The van der Waals surface area contributed by atoms with Crippen LogP contribution in [0.25, 0.3) is 0 Å². The first kappa shape index (κ1) is 14.2. The summed E-state index contributed by atoms with van der Waals surface area (Å²) in [5.41, 5.74) is 15.9. The van der Waals surface area contributed by atoms with E-state index in [2.05, 4.69) is 6.92 Å². The van der Waals surface area contributed by atoms with Crippen molar-refractivity contribution in [1.82, 2.24) is 0 Å². The monoisotopic (exact) mass is 195 g/mol. The van der Waals surface area contributed by atoms with Crippen molar-refractivity contribution in [2.24, 2.45) is 17.2 Å². The topological polar surface area (TPSA) is 95.1 Å². The van der Waals surface area contributed by atoms with E-state index in [0.717, 1.165) is 19.3 Å². The van der Waals surface area contributed by atoms with Gasteiger partial charge in [-0.25, -0.2) is 0 Å². The van der Waals surface area contributed by atoms with Crippen LogP contribution in [0.4, 0.5) is 0 Å². The van der Waals surface area contributed by atoms with E-state index in [1.807, 2.05) is 0 Å². The van der Waals surface area contributed by atoms with Crippen LogP contribution in [0, 0.1) is 0 Å². The third kappa shape index (κ3) is 5.35. The van der Waals surface area contributed by atoms with Crippen molar-refractivity contribution in [2.75, 3.05) is 0 Å². The highest BCUT2D eigenvalue weighted by Crippen LogP contribution is 2.00. The Hall–Kier alpha value is -0.320. The van der Waals surface area contributed by atoms with E-state index >= 15 is 0 Å². The SMILES string of the molecule is CCCCC(N)C(N)C(N)=O.Cl. The van der Waals surface area contributed by atoms with Crippen molar-refractivity contribution in [3.05, 3.63) is 0 Å². The van der Waals surface area contributed by atoms with Crippen molar-refractivity contribution in [1.29, 1.82) is 0 Å². The Balaban J connectivity index is 0. The molecule has 0 spiro atoms. The van der Waals surface area contributed by atoms with Gasteiger partial charge in [-0.3, -0.25) is 4.79 Å². The first-order valence-electron chi connectivity index (χ1n) is 3.90. The molecule has 0 fully saturated rings. The number of hydrogen-bond acceptors (Lipinski definition) is 3. The highest BCUT2D eigenvalue weighted by molar-refractivity contribution is 5.85. The Morgan fingerprint density at radius 2 is 1.92 bits per heavy atom. The van der Waals surface area contributed by atoms with Crippen LogP contribution in [-0.4, -0.2) is 18.0 Å². The summed E-state index contributed by atoms with van der Waals surface area (Å²) < 4.78 is 0. The van der Waals surface area contributed by atoms with E-state index in [0.29, 0.717) is 0 Å². The smallest absolute Gasteiger partial charge is 0.235 e. The van der Waals surface area contributed by atoms with Crippen LogP contribution < -0.4 is 17.2 Å². The molecule has 0 aliphatic carbocycles. The number of halogens is 1. The molecular formula is C7H18ClN3O. The molecule has 0 aromatic carbocycles. The fourth-order valence-corrected chi connectivity index (χ4v) is 0.830. The lowest BCUT2D eigenvalue weighted by atomic mass is 10.0. The van der Waals surface area contributed by atoms with Gasteiger partial charge in [0.15, 0.2) is 0 Å². The molecule has 0 saturated carbocycles. The van der Waals surface area contributed by atoms with Crippen molar-refractivity contribution >= 4 is 18.3 Å². The van der Waals surface area contributed by atoms with Gasteiger partial charge < -0.3 is 17.2 Å². The van der Waals surface area contributed by atoms with Crippen molar-refractivity contribution in [2.45, 2.75) is 38.3 Å². The maximum Gasteiger partial charge on any atom is 0.235 e. The number of rotatable bonds is 5. The van der Waals surface area contributed by atoms with Gasteiger partial charge in [0.05, 0.1) is 6.04 Å². The van der Waals surface area contributed by atoms with Crippen molar-refractivity contribution in [3.63, 3.8) is 0 Å². The van der Waals surface area contributed by atoms with Gasteiger partial charge in [0.25, 0.3) is 0 Å². The van der Waals surface area contributed by atoms with Crippen molar-refractivity contribution in [3.8, 4) is 0 Å². The number of amides is 1. The molecule has 0 radical (unpaired) electrons. The van der Waals surface area contributed by atoms with E-state index in [1.165, 1.54) is 0 Å². The van der Waals surface area contributed by atoms with Gasteiger partial charge in [0.1, 0.15) is 0 Å². The minimum atomic E-state index is -0.693. The minimum absolute atomic E-state index is 0. The van der Waals surface area contributed by atoms with Crippen LogP contribution in [0.3, 0.4) is 0 Å². The van der Waals surface area contributed by atoms with Gasteiger partial charge in [0.2, 0.25) is 5.91 Å². The van der Waals surface area contributed by atoms with E-state index in [1.54, 1.807) is 0 Å². The number of hydrogen-bond donors (Lipinski definition) is 3. The zero-order valence-electron chi connectivity index (χ0n) is 7.32. The second-order valence-electron chi connectivity index (χ2n) is 2.73. The molecule has 6 N–H and O–H groups in total. The maximum atomic E-state index is 10.5. The standard InChI is InChI=1S/C7H17N3O.ClH/c1-2-3-4-5(8)6(9)7(10)11;/h5-6H,2-4,8-9H2,1H3,(H2,10,11);1H. The Labute approximate surface area is 79.3 Å². The predicted molar refractivity (Wildman–Crippen MR) is 51.9 cm³/mol. The fourth-order valence-electron chi connectivity index (χ4n) is 0.830. The molecule has 0 aliphatic heterocycles. The largest absolute Gasteiger partial charge is 0.368 e. The Kier molecular flexibility index (Phi) is 8.69. The molecular weight excluding hydrogens is 178 g/mol. The van der Waals surface area contributed by atoms with Crippen LogP contribution in [0.2, 0.25) is 0 Å². The highest BCUT2D eigenvalue weighted by atomic mass is 35.5. The Bertz CT molecular complexity index is 132. The Morgan fingerprint density at radius 1 is 1.42 bits per heavy atom. The number of carbonyl (C=O) groups is 1. The Morgan fingerprint density at radius 3 is 2.25 bits per heavy atom. The number of unbranched alkanes of at least 4 members (excludes halogenated alkanes) is 1. The zero-order valence-corrected chi connectivity index (χ0v) is 8.14. The molecule has 2 atom stereocenters. The molecule has 5 heteroatoms. The van der Waals surface area contributed by atoms with E-state index in [9.17, 15) is 4.79 Å². The summed E-state index contributed by atoms with van der Waals surface area (Å²) in [6.07, 6.45) is 2.81. The number of nitrogens with two attached hydrogens (primary N) is 3. The second-order valence-corrected chi connectivity index (χ2v) is 2.73. The third-order valence-corrected chi connectivity index (χ3v) is 1.68. The molecule has 0 bridgehead atoms. The molecule has 0 aliphatic rings. The summed E-state index contributed by atoms with van der Waals surface area (Å²) in [4.78, 5) is 10.5. The summed E-state index contributed by atoms with van der Waals surface area (Å²) >= 11 is 0. The van der Waals surface area contributed by atoms with Gasteiger partial charge in [-0.1, -0.05) is 19.8 Å². The van der Waals surface area contributed by atoms with Gasteiger partial charge in [0, 0.05) is 6.04 Å². The number of primary amides is 1. The summed E-state index contributed by atoms with van der Waals surface area (Å²) in [7, 11) is 0. The van der Waals surface area contributed by atoms with Gasteiger partial charge in [-0.15, -0.1) is 12.4 Å².